The second-order valence-electron chi connectivity index (χ2n) is 6.63. The highest BCUT2D eigenvalue weighted by atomic mass is 32.1. The number of rotatable bonds is 6. The average Bonchev–Trinajstić information content (AvgIpc) is 3.29. The number of carbonyl (C=O) groups excluding carboxylic acids is 1. The number of nitrogens with zero attached hydrogens (tertiary/aromatic N) is 3. The Morgan fingerprint density at radius 2 is 2.12 bits per heavy atom. The van der Waals surface area contributed by atoms with Crippen LogP contribution in [0.1, 0.15) is 48.5 Å². The standard InChI is InChI=1S/C18H19N3O4S/c1-18(2,3)17-20-15(25-21-17)9-24-16(22)12-5-4-6-14(7-12)23-8-13-10-26-11-19-13/h4-7,10-11H,8-9H2,1-3H3. The first-order valence-electron chi connectivity index (χ1n) is 8.02. The fourth-order valence-corrected chi connectivity index (χ4v) is 2.55. The summed E-state index contributed by atoms with van der Waals surface area (Å²) in [5.74, 6) is 0.917. The quantitative estimate of drug-likeness (QED) is 0.608. The number of hydrogen-bond acceptors (Lipinski definition) is 8. The van der Waals surface area contributed by atoms with Crippen LogP contribution in [0, 0.1) is 0 Å². The molecule has 3 rings (SSSR count). The summed E-state index contributed by atoms with van der Waals surface area (Å²) in [5, 5.41) is 5.81. The number of benzene rings is 1. The fourth-order valence-electron chi connectivity index (χ4n) is 2.01. The van der Waals surface area contributed by atoms with E-state index in [4.69, 9.17) is 14.0 Å². The molecule has 136 valence electrons. The van der Waals surface area contributed by atoms with E-state index in [9.17, 15) is 4.79 Å². The van der Waals surface area contributed by atoms with Crippen LogP contribution in [-0.2, 0) is 23.4 Å². The van der Waals surface area contributed by atoms with Crippen LogP contribution < -0.4 is 4.74 Å². The first-order chi connectivity index (χ1) is 12.4. The number of esters is 1. The van der Waals surface area contributed by atoms with Crippen LogP contribution in [0.25, 0.3) is 0 Å². The van der Waals surface area contributed by atoms with Crippen molar-refractivity contribution in [2.75, 3.05) is 0 Å². The van der Waals surface area contributed by atoms with Crippen molar-refractivity contribution in [1.82, 2.24) is 15.1 Å². The Balaban J connectivity index is 1.57. The summed E-state index contributed by atoms with van der Waals surface area (Å²) in [5.41, 5.74) is 2.74. The van der Waals surface area contributed by atoms with Crippen LogP contribution in [0.3, 0.4) is 0 Å². The first-order valence-corrected chi connectivity index (χ1v) is 8.96. The van der Waals surface area contributed by atoms with Gasteiger partial charge in [-0.2, -0.15) is 4.98 Å². The van der Waals surface area contributed by atoms with Gasteiger partial charge in [-0.25, -0.2) is 9.78 Å². The van der Waals surface area contributed by atoms with Gasteiger partial charge >= 0.3 is 5.97 Å². The highest BCUT2D eigenvalue weighted by Crippen LogP contribution is 2.19. The van der Waals surface area contributed by atoms with Crippen molar-refractivity contribution in [3.05, 3.63) is 58.1 Å². The summed E-state index contributed by atoms with van der Waals surface area (Å²) in [4.78, 5) is 20.6. The first kappa shape index (κ1) is 18.1. The predicted octanol–water partition coefficient (Wildman–Crippen LogP) is 3.76. The molecule has 26 heavy (non-hydrogen) atoms. The maximum atomic E-state index is 12.2. The molecule has 2 heterocycles. The van der Waals surface area contributed by atoms with E-state index < -0.39 is 5.97 Å². The number of hydrogen-bond donors (Lipinski definition) is 0. The molecule has 2 aromatic heterocycles. The highest BCUT2D eigenvalue weighted by Gasteiger charge is 2.21. The third kappa shape index (κ3) is 4.66. The molecule has 0 aliphatic rings. The lowest BCUT2D eigenvalue weighted by Crippen LogP contribution is -2.13. The zero-order valence-corrected chi connectivity index (χ0v) is 15.6. The summed E-state index contributed by atoms with van der Waals surface area (Å²) in [6.07, 6.45) is 0. The molecule has 0 aliphatic heterocycles. The highest BCUT2D eigenvalue weighted by molar-refractivity contribution is 7.07. The van der Waals surface area contributed by atoms with Gasteiger partial charge in [-0.05, 0) is 18.2 Å². The molecule has 0 N–H and O–H groups in total. The zero-order chi connectivity index (χ0) is 18.6. The van der Waals surface area contributed by atoms with Gasteiger partial charge in [-0.1, -0.05) is 32.0 Å². The molecule has 0 saturated carbocycles. The lowest BCUT2D eigenvalue weighted by atomic mass is 9.96. The number of carbonyl (C=O) groups is 1. The van der Waals surface area contributed by atoms with E-state index in [2.05, 4.69) is 15.1 Å². The molecular formula is C18H19N3O4S. The molecule has 0 saturated heterocycles. The molecule has 1 aromatic carbocycles. The van der Waals surface area contributed by atoms with Crippen LogP contribution in [0.15, 0.2) is 39.7 Å². The molecule has 0 fully saturated rings. The largest absolute Gasteiger partial charge is 0.487 e. The predicted molar refractivity (Wildman–Crippen MR) is 95.0 cm³/mol. The van der Waals surface area contributed by atoms with Crippen molar-refractivity contribution in [1.29, 1.82) is 0 Å². The second-order valence-corrected chi connectivity index (χ2v) is 7.35. The van der Waals surface area contributed by atoms with Crippen LogP contribution in [0.2, 0.25) is 0 Å². The molecule has 0 atom stereocenters. The van der Waals surface area contributed by atoms with E-state index in [-0.39, 0.29) is 17.9 Å². The average molecular weight is 373 g/mol. The van der Waals surface area contributed by atoms with Gasteiger partial charge in [0, 0.05) is 10.8 Å². The molecule has 0 aliphatic carbocycles. The van der Waals surface area contributed by atoms with Crippen molar-refractivity contribution >= 4 is 17.3 Å². The lowest BCUT2D eigenvalue weighted by molar-refractivity contribution is 0.0429. The van der Waals surface area contributed by atoms with Gasteiger partial charge in [0.15, 0.2) is 12.4 Å². The summed E-state index contributed by atoms with van der Waals surface area (Å²) >= 11 is 1.51. The number of thiazole rings is 1. The van der Waals surface area contributed by atoms with E-state index in [0.717, 1.165) is 5.69 Å². The molecular weight excluding hydrogens is 354 g/mol. The SMILES string of the molecule is CC(C)(C)c1noc(COC(=O)c2cccc(OCc3cscn3)c2)n1. The van der Waals surface area contributed by atoms with Gasteiger partial charge in [0.25, 0.3) is 5.89 Å². The third-order valence-corrected chi connectivity index (χ3v) is 4.04. The minimum absolute atomic E-state index is 0.0776. The smallest absolute Gasteiger partial charge is 0.338 e. The summed E-state index contributed by atoms with van der Waals surface area (Å²) in [7, 11) is 0. The van der Waals surface area contributed by atoms with Gasteiger partial charge in [-0.3, -0.25) is 0 Å². The molecule has 8 heteroatoms. The fraction of sp³-hybridized carbons (Fsp3) is 0.333. The summed E-state index contributed by atoms with van der Waals surface area (Å²) in [6.45, 7) is 6.20. The maximum absolute atomic E-state index is 12.2. The van der Waals surface area contributed by atoms with Crippen molar-refractivity contribution in [3.8, 4) is 5.75 Å². The topological polar surface area (TPSA) is 87.3 Å². The van der Waals surface area contributed by atoms with Gasteiger partial charge in [-0.15, -0.1) is 11.3 Å². The van der Waals surface area contributed by atoms with E-state index >= 15 is 0 Å². The second kappa shape index (κ2) is 7.65. The van der Waals surface area contributed by atoms with E-state index in [0.29, 0.717) is 23.7 Å². The summed E-state index contributed by atoms with van der Waals surface area (Å²) in [6, 6.07) is 6.80. The Hall–Kier alpha value is -2.74. The van der Waals surface area contributed by atoms with Gasteiger partial charge in [0.05, 0.1) is 16.8 Å². The van der Waals surface area contributed by atoms with E-state index in [1.54, 1.807) is 29.8 Å². The Labute approximate surface area is 155 Å². The Morgan fingerprint density at radius 3 is 2.81 bits per heavy atom. The van der Waals surface area contributed by atoms with E-state index in [1.807, 2.05) is 26.2 Å². The van der Waals surface area contributed by atoms with Gasteiger partial charge in [0.2, 0.25) is 0 Å². The van der Waals surface area contributed by atoms with Crippen LogP contribution >= 0.6 is 11.3 Å². The van der Waals surface area contributed by atoms with Crippen LogP contribution in [0.5, 0.6) is 5.75 Å². The van der Waals surface area contributed by atoms with Crippen molar-refractivity contribution in [2.24, 2.45) is 0 Å². The minimum atomic E-state index is -0.486. The Morgan fingerprint density at radius 1 is 1.27 bits per heavy atom. The molecule has 3 aromatic rings. The minimum Gasteiger partial charge on any atom is -0.487 e. The lowest BCUT2D eigenvalue weighted by Gasteiger charge is -2.10. The molecule has 0 bridgehead atoms. The maximum Gasteiger partial charge on any atom is 0.338 e. The monoisotopic (exact) mass is 373 g/mol. The van der Waals surface area contributed by atoms with Crippen LogP contribution in [-0.4, -0.2) is 21.1 Å². The Bertz CT molecular complexity index is 869. The summed E-state index contributed by atoms with van der Waals surface area (Å²) < 4.78 is 16.0. The van der Waals surface area contributed by atoms with Crippen molar-refractivity contribution < 1.29 is 18.8 Å². The molecule has 0 unspecified atom stereocenters. The number of ether oxygens (including phenoxy) is 2. The van der Waals surface area contributed by atoms with Crippen molar-refractivity contribution in [3.63, 3.8) is 0 Å². The molecule has 7 nitrogen and oxygen atoms in total. The molecule has 0 spiro atoms. The Kier molecular flexibility index (Phi) is 5.32. The van der Waals surface area contributed by atoms with Crippen molar-refractivity contribution in [2.45, 2.75) is 39.4 Å². The third-order valence-electron chi connectivity index (χ3n) is 3.41. The molecule has 0 radical (unpaired) electrons. The zero-order valence-electron chi connectivity index (χ0n) is 14.8. The van der Waals surface area contributed by atoms with Crippen LogP contribution in [0.4, 0.5) is 0 Å². The van der Waals surface area contributed by atoms with Gasteiger partial charge in [0.1, 0.15) is 12.4 Å². The van der Waals surface area contributed by atoms with Gasteiger partial charge < -0.3 is 14.0 Å². The molecule has 0 amide bonds. The van der Waals surface area contributed by atoms with E-state index in [1.165, 1.54) is 11.3 Å². The normalized spacial score (nSPS) is 11.3. The number of aromatic nitrogens is 3.